The number of unbranched alkanes of at least 4 members (excludes halogenated alkanes) is 1. The smallest absolute Gasteiger partial charge is 0.434 e. The fourth-order valence-corrected chi connectivity index (χ4v) is 6.94. The number of ether oxygens (including phenoxy) is 2. The van der Waals surface area contributed by atoms with Crippen LogP contribution in [0.4, 0.5) is 4.79 Å². The lowest BCUT2D eigenvalue weighted by molar-refractivity contribution is -0.141. The van der Waals surface area contributed by atoms with Crippen molar-refractivity contribution in [3.63, 3.8) is 0 Å². The van der Waals surface area contributed by atoms with Crippen LogP contribution >= 0.6 is 0 Å². The van der Waals surface area contributed by atoms with Crippen LogP contribution < -0.4 is 53.7 Å². The molecule has 74 heavy (non-hydrogen) atoms. The van der Waals surface area contributed by atoms with E-state index in [-0.39, 0.29) is 94.8 Å². The third kappa shape index (κ3) is 24.0. The number of guanidine groups is 1. The van der Waals surface area contributed by atoms with Crippen molar-refractivity contribution in [2.45, 2.75) is 114 Å². The Morgan fingerprint density at radius 2 is 1.38 bits per heavy atom. The van der Waals surface area contributed by atoms with Gasteiger partial charge in [-0.05, 0) is 77.5 Å². The van der Waals surface area contributed by atoms with Gasteiger partial charge in [-0.2, -0.15) is 5.10 Å². The molecule has 4 atom stereocenters. The van der Waals surface area contributed by atoms with Gasteiger partial charge < -0.3 is 73.4 Å². The van der Waals surface area contributed by atoms with Gasteiger partial charge in [0.15, 0.2) is 5.96 Å². The number of phenols is 1. The van der Waals surface area contributed by atoms with Crippen LogP contribution in [0.3, 0.4) is 0 Å². The van der Waals surface area contributed by atoms with Crippen molar-refractivity contribution >= 4 is 59.3 Å². The van der Waals surface area contributed by atoms with E-state index in [9.17, 15) is 48.6 Å². The average molecular weight is 1040 g/mol. The molecule has 0 bridgehead atoms. The van der Waals surface area contributed by atoms with Crippen LogP contribution in [0.2, 0.25) is 0 Å². The summed E-state index contributed by atoms with van der Waals surface area (Å²) in [6, 6.07) is 9.01. The van der Waals surface area contributed by atoms with Gasteiger partial charge in [0.2, 0.25) is 41.3 Å². The summed E-state index contributed by atoms with van der Waals surface area (Å²) in [5, 5.41) is 58.5. The molecule has 1 aliphatic heterocycles. The molecule has 0 aromatic heterocycles. The molecule has 2 aromatic rings. The minimum absolute atomic E-state index is 0.00212. The van der Waals surface area contributed by atoms with Gasteiger partial charge in [0.1, 0.15) is 29.9 Å². The molecule has 1 unspecified atom stereocenters. The number of nitrogens with one attached hydrogen (secondary N) is 10. The molecule has 0 radical (unpaired) electrons. The highest BCUT2D eigenvalue weighted by molar-refractivity contribution is 5.99. The number of hydrogen-bond donors (Lipinski definition) is 13. The Labute approximate surface area is 428 Å². The number of phenolic OH excluding ortho intramolecular Hbond substituents is 1. The Kier molecular flexibility index (Phi) is 25.1. The van der Waals surface area contributed by atoms with Crippen molar-refractivity contribution in [3.05, 3.63) is 65.7 Å². The van der Waals surface area contributed by atoms with Crippen LogP contribution in [-0.2, 0) is 54.3 Å². The van der Waals surface area contributed by atoms with Crippen molar-refractivity contribution < 1.29 is 62.9 Å². The molecule has 0 spiro atoms. The summed E-state index contributed by atoms with van der Waals surface area (Å²) in [6.07, 6.45) is -1.15. The standard InChI is InChI=1S/C47H70N14O13/c1-46(2,73-28-47(3,4)72-23-22-53-45(71)74-61-60-39(59-50-5)30-12-7-6-8-13-30)26-36(63)51-20-10-9-14-33-41(68)56-32(15-11-21-52-44(48)49)40(67)54-27-37(64)55-35(25-38(65)66)43(70)58-34(42(69)57-33)24-29-16-18-31(62)19-17-29/h6-8,12-13,16-19,32-35,50,62H,9-11,14-15,20-28H2,1-5H3,(H,51,63)(H,53,71)(H,54,67)(H,55,64)(H,56,68)(H,57,69)(H,58,70)(H,65,66)(H4,48,49,52)/b59-39-,61-60-/t32-,33?,34+,35-/m0/s1. The molecular formula is C47H70N14O13. The molecule has 1 heterocycles. The maximum atomic E-state index is 14.1. The van der Waals surface area contributed by atoms with Gasteiger partial charge in [-0.1, -0.05) is 47.6 Å². The molecule has 0 aliphatic carbocycles. The summed E-state index contributed by atoms with van der Waals surface area (Å²) in [7, 11) is 1.59. The van der Waals surface area contributed by atoms with Gasteiger partial charge in [-0.3, -0.25) is 43.8 Å². The molecule has 27 heteroatoms. The highest BCUT2D eigenvalue weighted by Gasteiger charge is 2.34. The number of carbonyl (C=O) groups is 8. The number of carbonyl (C=O) groups excluding carboxylic acids is 7. The van der Waals surface area contributed by atoms with Crippen molar-refractivity contribution in [1.29, 1.82) is 5.41 Å². The van der Waals surface area contributed by atoms with Crippen molar-refractivity contribution in [1.82, 2.24) is 48.0 Å². The average Bonchev–Trinajstić information content (AvgIpc) is 3.34. The minimum atomic E-state index is -1.67. The van der Waals surface area contributed by atoms with E-state index in [0.717, 1.165) is 0 Å². The van der Waals surface area contributed by atoms with Gasteiger partial charge in [-0.25, -0.2) is 4.79 Å². The zero-order chi connectivity index (χ0) is 54.7. The molecular weight excluding hydrogens is 969 g/mol. The number of nitrogens with two attached hydrogens (primary N) is 1. The number of aromatic hydroxyl groups is 1. The van der Waals surface area contributed by atoms with Crippen molar-refractivity contribution in [2.75, 3.05) is 46.4 Å². The van der Waals surface area contributed by atoms with E-state index in [1.807, 2.05) is 6.07 Å². The summed E-state index contributed by atoms with van der Waals surface area (Å²) >= 11 is 0. The zero-order valence-electron chi connectivity index (χ0n) is 42.2. The Bertz CT molecular complexity index is 2280. The summed E-state index contributed by atoms with van der Waals surface area (Å²) < 4.78 is 12.0. The molecule has 406 valence electrons. The summed E-state index contributed by atoms with van der Waals surface area (Å²) in [6.45, 7) is 6.92. The van der Waals surface area contributed by atoms with Gasteiger partial charge in [-0.15, -0.1) is 0 Å². The van der Waals surface area contributed by atoms with E-state index < -0.39 is 89.9 Å². The molecule has 27 nitrogen and oxygen atoms in total. The second-order valence-corrected chi connectivity index (χ2v) is 18.2. The molecule has 0 saturated carbocycles. The Morgan fingerprint density at radius 3 is 2.04 bits per heavy atom. The van der Waals surface area contributed by atoms with Crippen LogP contribution in [0.5, 0.6) is 5.75 Å². The van der Waals surface area contributed by atoms with E-state index in [1.165, 1.54) is 24.3 Å². The highest BCUT2D eigenvalue weighted by atomic mass is 16.7. The first kappa shape index (κ1) is 60.4. The van der Waals surface area contributed by atoms with Crippen LogP contribution in [-0.4, -0.2) is 151 Å². The van der Waals surface area contributed by atoms with Crippen molar-refractivity contribution in [3.8, 4) is 5.75 Å². The second-order valence-electron chi connectivity index (χ2n) is 18.2. The summed E-state index contributed by atoms with van der Waals surface area (Å²) in [4.78, 5) is 110. The van der Waals surface area contributed by atoms with Gasteiger partial charge in [0, 0.05) is 43.9 Å². The number of hydrogen-bond acceptors (Lipinski definition) is 16. The maximum absolute atomic E-state index is 14.1. The lowest BCUT2D eigenvalue weighted by atomic mass is 10.0. The Morgan fingerprint density at radius 1 is 0.757 bits per heavy atom. The molecule has 2 aromatic carbocycles. The third-order valence-corrected chi connectivity index (χ3v) is 10.7. The van der Waals surface area contributed by atoms with E-state index >= 15 is 0 Å². The van der Waals surface area contributed by atoms with Crippen LogP contribution in [0.1, 0.15) is 83.8 Å². The van der Waals surface area contributed by atoms with Crippen LogP contribution in [0, 0.1) is 5.41 Å². The van der Waals surface area contributed by atoms with Gasteiger partial charge >= 0.3 is 12.1 Å². The SMILES string of the molecule is CN/N=C(\N=N/OC(=O)NCCOC(C)(C)COC(C)(C)CC(=O)NCCCCC1NC(=O)[C@@H](Cc2ccc(O)cc2)NC(=O)[C@H](CC(=O)O)NC(=O)CNC(=O)[C@H](CCCNC(=N)N)NC1=O)c1ccccc1. The minimum Gasteiger partial charge on any atom is -0.508 e. The first-order valence-electron chi connectivity index (χ1n) is 23.8. The van der Waals surface area contributed by atoms with Gasteiger partial charge in [0.05, 0.1) is 43.8 Å². The number of rotatable bonds is 25. The molecule has 1 saturated heterocycles. The first-order valence-corrected chi connectivity index (χ1v) is 23.8. The number of amides is 7. The number of hydrazone groups is 1. The topological polar surface area (TPSA) is 400 Å². The van der Waals surface area contributed by atoms with Gasteiger partial charge in [0.25, 0.3) is 0 Å². The molecule has 1 aliphatic rings. The largest absolute Gasteiger partial charge is 0.508 e. The number of aliphatic carboxylic acids is 1. The maximum Gasteiger partial charge on any atom is 0.434 e. The van der Waals surface area contributed by atoms with E-state index in [4.69, 9.17) is 25.5 Å². The lowest BCUT2D eigenvalue weighted by Gasteiger charge is -2.31. The number of carboxylic acids is 1. The van der Waals surface area contributed by atoms with Crippen molar-refractivity contribution in [2.24, 2.45) is 21.2 Å². The monoisotopic (exact) mass is 1040 g/mol. The highest BCUT2D eigenvalue weighted by Crippen LogP contribution is 2.20. The number of nitrogens with zero attached hydrogens (tertiary/aromatic N) is 3. The summed E-state index contributed by atoms with van der Waals surface area (Å²) in [5.74, 6) is -6.36. The van der Waals surface area contributed by atoms with E-state index in [0.29, 0.717) is 17.5 Å². The molecule has 1 fully saturated rings. The lowest BCUT2D eigenvalue weighted by Crippen LogP contribution is -2.58. The fourth-order valence-electron chi connectivity index (χ4n) is 6.94. The summed E-state index contributed by atoms with van der Waals surface area (Å²) in [5.41, 5.74) is 7.35. The number of amidine groups is 1. The second kappa shape index (κ2) is 30.8. The fraction of sp³-hybridized carbons (Fsp3) is 0.532. The Hall–Kier alpha value is -7.94. The quantitative estimate of drug-likeness (QED) is 0.0199. The van der Waals surface area contributed by atoms with E-state index in [1.54, 1.807) is 59.0 Å². The number of carboxylic acid groups (broad SMARTS) is 1. The normalized spacial score (nSPS) is 18.3. The zero-order valence-corrected chi connectivity index (χ0v) is 42.2. The predicted octanol–water partition coefficient (Wildman–Crippen LogP) is -0.317. The molecule has 7 amide bonds. The first-order chi connectivity index (χ1) is 35.1. The van der Waals surface area contributed by atoms with Crippen LogP contribution in [0.25, 0.3) is 0 Å². The Balaban J connectivity index is 1.60. The number of benzene rings is 2. The van der Waals surface area contributed by atoms with E-state index in [2.05, 4.69) is 63.5 Å². The predicted molar refractivity (Wildman–Crippen MR) is 267 cm³/mol. The third-order valence-electron chi connectivity index (χ3n) is 10.7. The molecule has 14 N–H and O–H groups in total. The van der Waals surface area contributed by atoms with Crippen LogP contribution in [0.15, 0.2) is 70.1 Å². The molecule has 3 rings (SSSR count).